The van der Waals surface area contributed by atoms with Gasteiger partial charge in [0.1, 0.15) is 0 Å². The van der Waals surface area contributed by atoms with Gasteiger partial charge in [0.05, 0.1) is 19.3 Å². The fourth-order valence-electron chi connectivity index (χ4n) is 1.52. The number of halogens is 1. The monoisotopic (exact) mass is 278 g/mol. The molecular formula is C10H19BrN2O2. The lowest BCUT2D eigenvalue weighted by Crippen LogP contribution is -2.43. The number of rotatable bonds is 6. The van der Waals surface area contributed by atoms with Gasteiger partial charge in [-0.1, -0.05) is 22.5 Å². The number of aliphatic hydroxyl groups is 1. The summed E-state index contributed by atoms with van der Waals surface area (Å²) in [6.07, 6.45) is -0.324. The number of nitrogens with zero attached hydrogens (tertiary/aromatic N) is 1. The Bertz CT molecular complexity index is 196. The average molecular weight is 279 g/mol. The molecule has 15 heavy (non-hydrogen) atoms. The second-order valence-electron chi connectivity index (χ2n) is 3.71. The zero-order chi connectivity index (χ0) is 11.1. The van der Waals surface area contributed by atoms with Crippen molar-refractivity contribution in [2.75, 3.05) is 45.9 Å². The highest BCUT2D eigenvalue weighted by Crippen LogP contribution is 1.99. The van der Waals surface area contributed by atoms with E-state index in [1.54, 1.807) is 0 Å². The summed E-state index contributed by atoms with van der Waals surface area (Å²) < 4.78 is 6.14. The zero-order valence-corrected chi connectivity index (χ0v) is 10.5. The number of aliphatic hydroxyl groups excluding tert-OH is 1. The lowest BCUT2D eigenvalue weighted by Gasteiger charge is -2.28. The molecule has 0 saturated carbocycles. The Hall–Kier alpha value is 0.0600. The van der Waals surface area contributed by atoms with E-state index in [4.69, 9.17) is 4.74 Å². The summed E-state index contributed by atoms with van der Waals surface area (Å²) in [7, 11) is 0. The minimum atomic E-state index is -0.324. The first-order valence-corrected chi connectivity index (χ1v) is 6.00. The maximum absolute atomic E-state index is 9.72. The van der Waals surface area contributed by atoms with E-state index in [0.717, 1.165) is 30.8 Å². The lowest BCUT2D eigenvalue weighted by molar-refractivity contribution is 0.0151. The predicted octanol–water partition coefficient (Wildman–Crippen LogP) is 0.178. The molecule has 1 fully saturated rings. The number of ether oxygens (including phenoxy) is 1. The largest absolute Gasteiger partial charge is 0.390 e. The third-order valence-corrected chi connectivity index (χ3v) is 2.55. The maximum atomic E-state index is 9.72. The van der Waals surface area contributed by atoms with E-state index in [9.17, 15) is 5.11 Å². The van der Waals surface area contributed by atoms with Crippen LogP contribution in [0.5, 0.6) is 0 Å². The van der Waals surface area contributed by atoms with Gasteiger partial charge in [0.25, 0.3) is 0 Å². The molecule has 1 aliphatic heterocycles. The molecule has 0 aromatic heterocycles. The first-order valence-electron chi connectivity index (χ1n) is 5.20. The van der Waals surface area contributed by atoms with Crippen LogP contribution in [0.1, 0.15) is 0 Å². The van der Waals surface area contributed by atoms with Gasteiger partial charge < -0.3 is 15.2 Å². The quantitative estimate of drug-likeness (QED) is 0.728. The van der Waals surface area contributed by atoms with Crippen LogP contribution in [0, 0.1) is 0 Å². The smallest absolute Gasteiger partial charge is 0.0791 e. The van der Waals surface area contributed by atoms with E-state index in [1.165, 1.54) is 0 Å². The van der Waals surface area contributed by atoms with E-state index in [1.807, 2.05) is 0 Å². The van der Waals surface area contributed by atoms with Gasteiger partial charge in [-0.25, -0.2) is 0 Å². The van der Waals surface area contributed by atoms with Crippen molar-refractivity contribution in [3.63, 3.8) is 0 Å². The molecule has 1 unspecified atom stereocenters. The van der Waals surface area contributed by atoms with E-state index in [0.29, 0.717) is 19.6 Å². The van der Waals surface area contributed by atoms with Crippen molar-refractivity contribution in [2.45, 2.75) is 6.10 Å². The number of hydrogen-bond acceptors (Lipinski definition) is 4. The Labute approximate surface area is 99.4 Å². The molecule has 0 aliphatic carbocycles. The molecule has 1 saturated heterocycles. The normalized spacial score (nSPS) is 20.1. The highest BCUT2D eigenvalue weighted by molar-refractivity contribution is 9.11. The summed E-state index contributed by atoms with van der Waals surface area (Å²) in [5.74, 6) is 0. The van der Waals surface area contributed by atoms with Crippen molar-refractivity contribution in [3.8, 4) is 0 Å². The topological polar surface area (TPSA) is 44.7 Å². The number of nitrogens with one attached hydrogen (secondary N) is 1. The van der Waals surface area contributed by atoms with Crippen LogP contribution < -0.4 is 5.32 Å². The van der Waals surface area contributed by atoms with Crippen molar-refractivity contribution in [1.82, 2.24) is 10.2 Å². The Kier molecular flexibility index (Phi) is 6.43. The van der Waals surface area contributed by atoms with Gasteiger partial charge in [0.15, 0.2) is 0 Å². The number of morpholine rings is 1. The zero-order valence-electron chi connectivity index (χ0n) is 8.91. The summed E-state index contributed by atoms with van der Waals surface area (Å²) in [6, 6.07) is 0. The Balaban J connectivity index is 2.06. The molecule has 1 rings (SSSR count). The molecule has 1 aliphatic rings. The lowest BCUT2D eigenvalue weighted by atomic mass is 10.3. The second kappa shape index (κ2) is 7.35. The van der Waals surface area contributed by atoms with Crippen molar-refractivity contribution >= 4 is 15.9 Å². The molecule has 0 radical (unpaired) electrons. The van der Waals surface area contributed by atoms with E-state index in [2.05, 4.69) is 32.7 Å². The van der Waals surface area contributed by atoms with Crippen molar-refractivity contribution in [1.29, 1.82) is 0 Å². The first-order chi connectivity index (χ1) is 7.18. The average Bonchev–Trinajstić information content (AvgIpc) is 2.18. The molecule has 4 nitrogen and oxygen atoms in total. The summed E-state index contributed by atoms with van der Waals surface area (Å²) in [4.78, 5) is 2.22. The van der Waals surface area contributed by atoms with Gasteiger partial charge in [-0.05, 0) is 0 Å². The summed E-state index contributed by atoms with van der Waals surface area (Å²) in [5, 5.41) is 12.8. The molecule has 0 spiro atoms. The molecule has 0 bridgehead atoms. The standard InChI is InChI=1S/C10H19BrN2O2/c1-9(11)6-12-7-10(14)8-13-2-4-15-5-3-13/h10,12,14H,1-8H2. The molecule has 2 N–H and O–H groups in total. The molecule has 0 aromatic carbocycles. The van der Waals surface area contributed by atoms with Crippen LogP contribution in [0.2, 0.25) is 0 Å². The Morgan fingerprint density at radius 2 is 2.20 bits per heavy atom. The van der Waals surface area contributed by atoms with E-state index >= 15 is 0 Å². The van der Waals surface area contributed by atoms with Crippen molar-refractivity contribution in [2.24, 2.45) is 0 Å². The van der Waals surface area contributed by atoms with Gasteiger partial charge in [0, 0.05) is 37.2 Å². The molecule has 0 aromatic rings. The Morgan fingerprint density at radius 3 is 2.80 bits per heavy atom. The predicted molar refractivity (Wildman–Crippen MR) is 64.2 cm³/mol. The molecular weight excluding hydrogens is 260 g/mol. The molecule has 1 heterocycles. The number of hydrogen-bond donors (Lipinski definition) is 2. The van der Waals surface area contributed by atoms with Crippen LogP contribution in [0.4, 0.5) is 0 Å². The van der Waals surface area contributed by atoms with Crippen LogP contribution >= 0.6 is 15.9 Å². The minimum Gasteiger partial charge on any atom is -0.390 e. The summed E-state index contributed by atoms with van der Waals surface area (Å²) in [5.41, 5.74) is 0. The van der Waals surface area contributed by atoms with Crippen LogP contribution in [-0.2, 0) is 4.74 Å². The number of β-amino-alcohol motifs (C(OH)–C–C–N with tert-alkyl or cyclic N) is 1. The summed E-state index contributed by atoms with van der Waals surface area (Å²) >= 11 is 3.26. The van der Waals surface area contributed by atoms with Crippen LogP contribution in [0.25, 0.3) is 0 Å². The van der Waals surface area contributed by atoms with Gasteiger partial charge in [-0.2, -0.15) is 0 Å². The van der Waals surface area contributed by atoms with E-state index < -0.39 is 0 Å². The van der Waals surface area contributed by atoms with Crippen molar-refractivity contribution in [3.05, 3.63) is 11.1 Å². The highest BCUT2D eigenvalue weighted by atomic mass is 79.9. The maximum Gasteiger partial charge on any atom is 0.0791 e. The van der Waals surface area contributed by atoms with Gasteiger partial charge in [-0.3, -0.25) is 4.90 Å². The fourth-order valence-corrected chi connectivity index (χ4v) is 1.72. The summed E-state index contributed by atoms with van der Waals surface area (Å²) in [6.45, 7) is 9.11. The van der Waals surface area contributed by atoms with Gasteiger partial charge in [-0.15, -0.1) is 0 Å². The van der Waals surface area contributed by atoms with Crippen LogP contribution in [0.3, 0.4) is 0 Å². The third kappa shape index (κ3) is 6.27. The highest BCUT2D eigenvalue weighted by Gasteiger charge is 2.14. The second-order valence-corrected chi connectivity index (χ2v) is 4.84. The molecule has 88 valence electrons. The molecule has 0 amide bonds. The molecule has 5 heteroatoms. The third-order valence-electron chi connectivity index (χ3n) is 2.27. The van der Waals surface area contributed by atoms with E-state index in [-0.39, 0.29) is 6.10 Å². The minimum absolute atomic E-state index is 0.324. The van der Waals surface area contributed by atoms with Crippen LogP contribution in [-0.4, -0.2) is 62.0 Å². The van der Waals surface area contributed by atoms with Gasteiger partial charge >= 0.3 is 0 Å². The Morgan fingerprint density at radius 1 is 1.53 bits per heavy atom. The first kappa shape index (κ1) is 13.1. The fraction of sp³-hybridized carbons (Fsp3) is 0.800. The van der Waals surface area contributed by atoms with Gasteiger partial charge in [0.2, 0.25) is 0 Å². The van der Waals surface area contributed by atoms with Crippen molar-refractivity contribution < 1.29 is 9.84 Å². The van der Waals surface area contributed by atoms with Crippen LogP contribution in [0.15, 0.2) is 11.1 Å². The molecule has 1 atom stereocenters. The SMILES string of the molecule is C=C(Br)CNCC(O)CN1CCOCC1.